The highest BCUT2D eigenvalue weighted by Gasteiger charge is 2.50. The average Bonchev–Trinajstić information content (AvgIpc) is 3.14. The molecule has 0 aromatic heterocycles. The summed E-state index contributed by atoms with van der Waals surface area (Å²) in [5, 5.41) is 11.6. The van der Waals surface area contributed by atoms with Crippen molar-refractivity contribution >= 4 is 5.91 Å². The standard InChI is InChI=1S/C20H28N2O3/c1-19(14-25-15-19)18(23)22-12-9-20(24,16-7-3-2-4-8-16)17(13-22)21-10-5-6-11-21/h2-4,7-8,17,24H,5-6,9-15H2,1H3/t17-,20+/m1/s1. The zero-order chi connectivity index (χ0) is 17.5. The third-order valence-corrected chi connectivity index (χ3v) is 6.21. The maximum Gasteiger partial charge on any atom is 0.233 e. The minimum Gasteiger partial charge on any atom is -0.383 e. The lowest BCUT2D eigenvalue weighted by Gasteiger charge is -2.50. The number of piperidine rings is 1. The summed E-state index contributed by atoms with van der Waals surface area (Å²) in [6.45, 7) is 6.22. The lowest BCUT2D eigenvalue weighted by molar-refractivity contribution is -0.176. The molecule has 136 valence electrons. The Morgan fingerprint density at radius 3 is 2.44 bits per heavy atom. The molecule has 0 radical (unpaired) electrons. The van der Waals surface area contributed by atoms with Crippen LogP contribution in [0.2, 0.25) is 0 Å². The number of hydrogen-bond donors (Lipinski definition) is 1. The fourth-order valence-electron chi connectivity index (χ4n) is 4.56. The first-order valence-electron chi connectivity index (χ1n) is 9.42. The fourth-order valence-corrected chi connectivity index (χ4v) is 4.56. The highest BCUT2D eigenvalue weighted by Crippen LogP contribution is 2.39. The van der Waals surface area contributed by atoms with E-state index < -0.39 is 5.60 Å². The van der Waals surface area contributed by atoms with Gasteiger partial charge in [0.25, 0.3) is 0 Å². The average molecular weight is 344 g/mol. The van der Waals surface area contributed by atoms with E-state index in [-0.39, 0.29) is 17.4 Å². The summed E-state index contributed by atoms with van der Waals surface area (Å²) in [5.74, 6) is 0.179. The van der Waals surface area contributed by atoms with E-state index in [2.05, 4.69) is 4.90 Å². The van der Waals surface area contributed by atoms with Gasteiger partial charge in [0.05, 0.1) is 24.7 Å². The summed E-state index contributed by atoms with van der Waals surface area (Å²) < 4.78 is 5.28. The molecule has 3 aliphatic heterocycles. The van der Waals surface area contributed by atoms with Crippen molar-refractivity contribution in [3.05, 3.63) is 35.9 Å². The fraction of sp³-hybridized carbons (Fsp3) is 0.650. The van der Waals surface area contributed by atoms with Crippen molar-refractivity contribution in [2.45, 2.75) is 37.8 Å². The van der Waals surface area contributed by atoms with Crippen LogP contribution in [-0.4, -0.2) is 66.2 Å². The Bertz CT molecular complexity index is 625. The summed E-state index contributed by atoms with van der Waals surface area (Å²) in [6, 6.07) is 9.94. The third-order valence-electron chi connectivity index (χ3n) is 6.21. The van der Waals surface area contributed by atoms with Gasteiger partial charge in [0, 0.05) is 13.1 Å². The number of carbonyl (C=O) groups is 1. The Morgan fingerprint density at radius 1 is 1.16 bits per heavy atom. The van der Waals surface area contributed by atoms with Crippen LogP contribution in [0, 0.1) is 5.41 Å². The van der Waals surface area contributed by atoms with E-state index in [9.17, 15) is 9.90 Å². The molecule has 0 bridgehead atoms. The summed E-state index contributed by atoms with van der Waals surface area (Å²) in [7, 11) is 0. The molecule has 0 unspecified atom stereocenters. The van der Waals surface area contributed by atoms with Crippen LogP contribution < -0.4 is 0 Å². The van der Waals surface area contributed by atoms with Crippen molar-refractivity contribution in [3.8, 4) is 0 Å². The molecule has 5 heteroatoms. The van der Waals surface area contributed by atoms with Gasteiger partial charge in [-0.1, -0.05) is 30.3 Å². The molecule has 0 spiro atoms. The Morgan fingerprint density at radius 2 is 1.84 bits per heavy atom. The first-order valence-corrected chi connectivity index (χ1v) is 9.42. The number of amides is 1. The second kappa shape index (κ2) is 6.38. The van der Waals surface area contributed by atoms with Crippen LogP contribution in [0.5, 0.6) is 0 Å². The second-order valence-electron chi connectivity index (χ2n) is 8.10. The van der Waals surface area contributed by atoms with Gasteiger partial charge in [-0.15, -0.1) is 0 Å². The Balaban J connectivity index is 1.60. The molecule has 1 amide bonds. The van der Waals surface area contributed by atoms with Crippen LogP contribution in [-0.2, 0) is 15.1 Å². The molecule has 4 rings (SSSR count). The van der Waals surface area contributed by atoms with E-state index in [0.29, 0.717) is 32.7 Å². The molecule has 1 aromatic rings. The normalized spacial score (nSPS) is 32.4. The van der Waals surface area contributed by atoms with Crippen LogP contribution >= 0.6 is 0 Å². The van der Waals surface area contributed by atoms with Gasteiger partial charge in [0.1, 0.15) is 5.60 Å². The van der Waals surface area contributed by atoms with Gasteiger partial charge in [0.15, 0.2) is 0 Å². The van der Waals surface area contributed by atoms with Crippen molar-refractivity contribution in [2.75, 3.05) is 39.4 Å². The topological polar surface area (TPSA) is 53.0 Å². The molecule has 1 aromatic carbocycles. The summed E-state index contributed by atoms with van der Waals surface area (Å²) in [4.78, 5) is 17.3. The van der Waals surface area contributed by atoms with Crippen molar-refractivity contribution in [3.63, 3.8) is 0 Å². The molecule has 1 N–H and O–H groups in total. The number of hydrogen-bond acceptors (Lipinski definition) is 4. The number of rotatable bonds is 3. The van der Waals surface area contributed by atoms with E-state index in [4.69, 9.17) is 4.74 Å². The molecule has 3 saturated heterocycles. The van der Waals surface area contributed by atoms with Gasteiger partial charge in [-0.25, -0.2) is 0 Å². The van der Waals surface area contributed by atoms with Crippen LogP contribution in [0.15, 0.2) is 30.3 Å². The molecule has 25 heavy (non-hydrogen) atoms. The molecule has 0 aliphatic carbocycles. The minimum absolute atomic E-state index is 0.0419. The zero-order valence-corrected chi connectivity index (χ0v) is 15.0. The number of nitrogens with zero attached hydrogens (tertiary/aromatic N) is 2. The Labute approximate surface area is 149 Å². The largest absolute Gasteiger partial charge is 0.383 e. The number of ether oxygens (including phenoxy) is 1. The van der Waals surface area contributed by atoms with Crippen LogP contribution in [0.3, 0.4) is 0 Å². The van der Waals surface area contributed by atoms with Gasteiger partial charge in [0.2, 0.25) is 5.91 Å². The molecule has 3 aliphatic rings. The zero-order valence-electron chi connectivity index (χ0n) is 15.0. The second-order valence-corrected chi connectivity index (χ2v) is 8.10. The van der Waals surface area contributed by atoms with E-state index in [1.165, 1.54) is 12.8 Å². The van der Waals surface area contributed by atoms with E-state index in [1.807, 2.05) is 42.2 Å². The maximum atomic E-state index is 13.0. The number of aliphatic hydroxyl groups is 1. The smallest absolute Gasteiger partial charge is 0.233 e. The number of likely N-dealkylation sites (tertiary alicyclic amines) is 2. The first kappa shape index (κ1) is 17.0. The molecular formula is C20H28N2O3. The van der Waals surface area contributed by atoms with Gasteiger partial charge in [-0.3, -0.25) is 9.69 Å². The van der Waals surface area contributed by atoms with Gasteiger partial charge >= 0.3 is 0 Å². The van der Waals surface area contributed by atoms with Crippen LogP contribution in [0.4, 0.5) is 0 Å². The lowest BCUT2D eigenvalue weighted by Crippen LogP contribution is -2.64. The van der Waals surface area contributed by atoms with E-state index >= 15 is 0 Å². The quantitative estimate of drug-likeness (QED) is 0.905. The highest BCUT2D eigenvalue weighted by atomic mass is 16.5. The molecule has 3 fully saturated rings. The predicted molar refractivity (Wildman–Crippen MR) is 95.1 cm³/mol. The van der Waals surface area contributed by atoms with Gasteiger partial charge in [-0.2, -0.15) is 0 Å². The van der Waals surface area contributed by atoms with Crippen LogP contribution in [0.25, 0.3) is 0 Å². The first-order chi connectivity index (χ1) is 12.0. The number of benzene rings is 1. The highest BCUT2D eigenvalue weighted by molar-refractivity contribution is 5.83. The summed E-state index contributed by atoms with van der Waals surface area (Å²) in [6.07, 6.45) is 2.92. The van der Waals surface area contributed by atoms with Crippen molar-refractivity contribution < 1.29 is 14.6 Å². The minimum atomic E-state index is -0.889. The summed E-state index contributed by atoms with van der Waals surface area (Å²) in [5.41, 5.74) is -0.297. The SMILES string of the molecule is CC1(C(=O)N2CC[C@](O)(c3ccccc3)[C@H](N3CCCC3)C2)COC1. The Kier molecular flexibility index (Phi) is 4.34. The van der Waals surface area contributed by atoms with E-state index in [0.717, 1.165) is 18.7 Å². The van der Waals surface area contributed by atoms with Crippen molar-refractivity contribution in [1.82, 2.24) is 9.80 Å². The molecule has 2 atom stereocenters. The lowest BCUT2D eigenvalue weighted by atomic mass is 9.78. The van der Waals surface area contributed by atoms with E-state index in [1.54, 1.807) is 0 Å². The number of carbonyl (C=O) groups excluding carboxylic acids is 1. The third kappa shape index (κ3) is 2.88. The summed E-state index contributed by atoms with van der Waals surface area (Å²) >= 11 is 0. The Hall–Kier alpha value is -1.43. The molecule has 5 nitrogen and oxygen atoms in total. The van der Waals surface area contributed by atoms with Crippen molar-refractivity contribution in [2.24, 2.45) is 5.41 Å². The maximum absolute atomic E-state index is 13.0. The predicted octanol–water partition coefficient (Wildman–Crippen LogP) is 1.61. The van der Waals surface area contributed by atoms with Gasteiger partial charge < -0.3 is 14.7 Å². The van der Waals surface area contributed by atoms with Crippen molar-refractivity contribution in [1.29, 1.82) is 0 Å². The molecule has 0 saturated carbocycles. The molecular weight excluding hydrogens is 316 g/mol. The van der Waals surface area contributed by atoms with Crippen LogP contribution in [0.1, 0.15) is 31.7 Å². The monoisotopic (exact) mass is 344 g/mol. The molecule has 3 heterocycles. The van der Waals surface area contributed by atoms with Gasteiger partial charge in [-0.05, 0) is 44.8 Å².